The van der Waals surface area contributed by atoms with Gasteiger partial charge in [-0.3, -0.25) is 4.79 Å². The van der Waals surface area contributed by atoms with Crippen molar-refractivity contribution in [3.05, 3.63) is 54.1 Å². The van der Waals surface area contributed by atoms with E-state index in [1.165, 1.54) is 7.11 Å². The molecule has 0 saturated carbocycles. The summed E-state index contributed by atoms with van der Waals surface area (Å²) in [5, 5.41) is 2.80. The van der Waals surface area contributed by atoms with Gasteiger partial charge in [0, 0.05) is 5.69 Å². The number of hydrogen-bond acceptors (Lipinski definition) is 5. The van der Waals surface area contributed by atoms with Gasteiger partial charge in [-0.25, -0.2) is 4.79 Å². The topological polar surface area (TPSA) is 73.9 Å². The number of amides is 1. The van der Waals surface area contributed by atoms with Crippen molar-refractivity contribution in [3.63, 3.8) is 0 Å². The highest BCUT2D eigenvalue weighted by molar-refractivity contribution is 5.94. The fraction of sp³-hybridized carbons (Fsp3) is 0.364. The molecular formula is C22H27NO5. The summed E-state index contributed by atoms with van der Waals surface area (Å²) in [4.78, 5) is 23.5. The number of methoxy groups -OCH3 is 1. The van der Waals surface area contributed by atoms with E-state index >= 15 is 0 Å². The molecule has 1 N–H and O–H groups in total. The number of ether oxygens (including phenoxy) is 3. The van der Waals surface area contributed by atoms with Crippen molar-refractivity contribution in [1.82, 2.24) is 0 Å². The Morgan fingerprint density at radius 2 is 1.71 bits per heavy atom. The van der Waals surface area contributed by atoms with Crippen molar-refractivity contribution in [2.24, 2.45) is 0 Å². The highest BCUT2D eigenvalue weighted by atomic mass is 16.6. The lowest BCUT2D eigenvalue weighted by molar-refractivity contribution is -0.142. The van der Waals surface area contributed by atoms with Gasteiger partial charge >= 0.3 is 5.97 Å². The molecule has 28 heavy (non-hydrogen) atoms. The van der Waals surface area contributed by atoms with Gasteiger partial charge in [0.1, 0.15) is 11.5 Å². The van der Waals surface area contributed by atoms with Gasteiger partial charge in [-0.15, -0.1) is 0 Å². The summed E-state index contributed by atoms with van der Waals surface area (Å²) < 4.78 is 15.6. The second-order valence-electron chi connectivity index (χ2n) is 7.42. The molecule has 1 atom stereocenters. The first-order chi connectivity index (χ1) is 13.2. The van der Waals surface area contributed by atoms with Crippen LogP contribution in [0.4, 0.5) is 5.69 Å². The van der Waals surface area contributed by atoms with Gasteiger partial charge in [-0.2, -0.15) is 0 Å². The minimum absolute atomic E-state index is 0.00253. The molecule has 0 spiro atoms. The molecule has 1 unspecified atom stereocenters. The van der Waals surface area contributed by atoms with E-state index in [-0.39, 0.29) is 17.9 Å². The third-order valence-corrected chi connectivity index (χ3v) is 4.09. The van der Waals surface area contributed by atoms with Gasteiger partial charge < -0.3 is 19.5 Å². The maximum Gasteiger partial charge on any atom is 0.343 e. The lowest BCUT2D eigenvalue weighted by Gasteiger charge is -2.21. The molecule has 2 aromatic rings. The molecule has 0 bridgehead atoms. The van der Waals surface area contributed by atoms with Gasteiger partial charge in [-0.05, 0) is 54.3 Å². The maximum atomic E-state index is 12.4. The van der Waals surface area contributed by atoms with Crippen LogP contribution in [0.5, 0.6) is 11.5 Å². The molecule has 6 nitrogen and oxygen atoms in total. The Bertz CT molecular complexity index is 808. The summed E-state index contributed by atoms with van der Waals surface area (Å²) in [6, 6.07) is 14.5. The number of carbonyl (C=O) groups is 2. The largest absolute Gasteiger partial charge is 0.482 e. The molecule has 0 saturated heterocycles. The van der Waals surface area contributed by atoms with E-state index < -0.39 is 12.1 Å². The van der Waals surface area contributed by atoms with Crippen LogP contribution in [-0.4, -0.2) is 31.7 Å². The summed E-state index contributed by atoms with van der Waals surface area (Å²) in [5.41, 5.74) is 1.75. The average Bonchev–Trinajstić information content (AvgIpc) is 2.66. The summed E-state index contributed by atoms with van der Waals surface area (Å²) >= 11 is 0. The molecule has 0 aliphatic carbocycles. The molecule has 0 aliphatic heterocycles. The average molecular weight is 385 g/mol. The van der Waals surface area contributed by atoms with E-state index in [0.717, 1.165) is 5.56 Å². The number of anilines is 1. The number of carbonyl (C=O) groups excluding carboxylic acids is 2. The Labute approximate surface area is 165 Å². The number of hydrogen-bond donors (Lipinski definition) is 1. The van der Waals surface area contributed by atoms with Crippen LogP contribution in [-0.2, 0) is 19.7 Å². The van der Waals surface area contributed by atoms with E-state index in [9.17, 15) is 9.59 Å². The lowest BCUT2D eigenvalue weighted by Crippen LogP contribution is -2.30. The molecule has 0 radical (unpaired) electrons. The quantitative estimate of drug-likeness (QED) is 0.731. The third kappa shape index (κ3) is 6.30. The third-order valence-electron chi connectivity index (χ3n) is 4.09. The summed E-state index contributed by atoms with van der Waals surface area (Å²) in [6.07, 6.45) is -0.662. The van der Waals surface area contributed by atoms with Gasteiger partial charge in [0.05, 0.1) is 7.11 Å². The molecular weight excluding hydrogens is 358 g/mol. The van der Waals surface area contributed by atoms with Crippen molar-refractivity contribution >= 4 is 17.6 Å². The summed E-state index contributed by atoms with van der Waals surface area (Å²) in [7, 11) is 1.30. The maximum absolute atomic E-state index is 12.4. The van der Waals surface area contributed by atoms with Crippen molar-refractivity contribution in [2.45, 2.75) is 39.2 Å². The number of nitrogens with one attached hydrogen (secondary N) is 1. The first kappa shape index (κ1) is 21.3. The van der Waals surface area contributed by atoms with E-state index in [1.54, 1.807) is 31.2 Å². The van der Waals surface area contributed by atoms with E-state index in [4.69, 9.17) is 9.47 Å². The summed E-state index contributed by atoms with van der Waals surface area (Å²) in [5.74, 6) is 0.441. The highest BCUT2D eigenvalue weighted by Crippen LogP contribution is 2.26. The molecule has 2 aromatic carbocycles. The Balaban J connectivity index is 1.92. The highest BCUT2D eigenvalue weighted by Gasteiger charge is 2.18. The zero-order valence-corrected chi connectivity index (χ0v) is 16.9. The lowest BCUT2D eigenvalue weighted by atomic mass is 9.87. The first-order valence-electron chi connectivity index (χ1n) is 9.07. The molecule has 0 aliphatic rings. The zero-order valence-electron chi connectivity index (χ0n) is 16.9. The van der Waals surface area contributed by atoms with E-state index in [0.29, 0.717) is 17.2 Å². The standard InChI is InChI=1S/C22H27NO5/c1-15(28-19-8-6-7-16(13-19)22(2,3)4)21(25)23-17-9-11-18(12-10-17)27-14-20(24)26-5/h6-13,15H,14H2,1-5H3,(H,23,25). The smallest absolute Gasteiger partial charge is 0.343 e. The monoisotopic (exact) mass is 385 g/mol. The van der Waals surface area contributed by atoms with Crippen LogP contribution in [0.2, 0.25) is 0 Å². The van der Waals surface area contributed by atoms with Crippen LogP contribution in [0, 0.1) is 0 Å². The van der Waals surface area contributed by atoms with Crippen molar-refractivity contribution in [1.29, 1.82) is 0 Å². The fourth-order valence-electron chi connectivity index (χ4n) is 2.37. The van der Waals surface area contributed by atoms with Gasteiger partial charge in [0.25, 0.3) is 5.91 Å². The Kier molecular flexibility index (Phi) is 7.04. The predicted octanol–water partition coefficient (Wildman–Crippen LogP) is 3.94. The molecule has 2 rings (SSSR count). The SMILES string of the molecule is COC(=O)COc1ccc(NC(=O)C(C)Oc2cccc(C(C)(C)C)c2)cc1. The number of rotatable bonds is 7. The Hall–Kier alpha value is -3.02. The van der Waals surface area contributed by atoms with Crippen molar-refractivity contribution in [3.8, 4) is 11.5 Å². The van der Waals surface area contributed by atoms with Gasteiger partial charge in [0.15, 0.2) is 12.7 Å². The fourth-order valence-corrected chi connectivity index (χ4v) is 2.37. The number of benzene rings is 2. The zero-order chi connectivity index (χ0) is 20.7. The Morgan fingerprint density at radius 3 is 2.32 bits per heavy atom. The van der Waals surface area contributed by atoms with Crippen LogP contribution in [0.15, 0.2) is 48.5 Å². The molecule has 6 heteroatoms. The minimum Gasteiger partial charge on any atom is -0.482 e. The predicted molar refractivity (Wildman–Crippen MR) is 108 cm³/mol. The molecule has 0 aromatic heterocycles. The molecule has 150 valence electrons. The second-order valence-corrected chi connectivity index (χ2v) is 7.42. The minimum atomic E-state index is -0.662. The van der Waals surface area contributed by atoms with E-state index in [1.807, 2.05) is 24.3 Å². The molecule has 0 fully saturated rings. The summed E-state index contributed by atoms with van der Waals surface area (Å²) in [6.45, 7) is 7.91. The molecule has 0 heterocycles. The molecule has 1 amide bonds. The Morgan fingerprint density at radius 1 is 1.04 bits per heavy atom. The first-order valence-corrected chi connectivity index (χ1v) is 9.07. The van der Waals surface area contributed by atoms with Crippen LogP contribution in [0.3, 0.4) is 0 Å². The van der Waals surface area contributed by atoms with E-state index in [2.05, 4.69) is 30.8 Å². The second kappa shape index (κ2) is 9.26. The van der Waals surface area contributed by atoms with Crippen LogP contribution in [0.25, 0.3) is 0 Å². The van der Waals surface area contributed by atoms with Crippen LogP contribution >= 0.6 is 0 Å². The number of esters is 1. The van der Waals surface area contributed by atoms with Gasteiger partial charge in [0.2, 0.25) is 0 Å². The van der Waals surface area contributed by atoms with Crippen LogP contribution < -0.4 is 14.8 Å². The van der Waals surface area contributed by atoms with Gasteiger partial charge in [-0.1, -0.05) is 32.9 Å². The van der Waals surface area contributed by atoms with Crippen LogP contribution in [0.1, 0.15) is 33.3 Å². The normalized spacial score (nSPS) is 12.0. The van der Waals surface area contributed by atoms with Crippen molar-refractivity contribution < 1.29 is 23.8 Å². The van der Waals surface area contributed by atoms with Crippen molar-refractivity contribution in [2.75, 3.05) is 19.0 Å².